The molecule has 3 rings (SSSR count). The molecule has 2 heterocycles. The Morgan fingerprint density at radius 2 is 1.83 bits per heavy atom. The molecule has 1 fully saturated rings. The van der Waals surface area contributed by atoms with Crippen molar-refractivity contribution in [2.24, 2.45) is 11.7 Å². The van der Waals surface area contributed by atoms with Gasteiger partial charge in [0.25, 0.3) is 5.91 Å². The Kier molecular flexibility index (Phi) is 6.54. The van der Waals surface area contributed by atoms with Crippen molar-refractivity contribution in [1.29, 1.82) is 0 Å². The normalized spacial score (nSPS) is 14.3. The maximum absolute atomic E-state index is 12.7. The Morgan fingerprint density at radius 1 is 1.17 bits per heavy atom. The van der Waals surface area contributed by atoms with E-state index in [4.69, 9.17) is 15.2 Å². The van der Waals surface area contributed by atoms with Gasteiger partial charge in [-0.3, -0.25) is 9.59 Å². The summed E-state index contributed by atoms with van der Waals surface area (Å²) in [4.78, 5) is 30.7. The first-order valence-corrected chi connectivity index (χ1v) is 9.51. The first-order chi connectivity index (χ1) is 14.0. The number of carbonyl (C=O) groups excluding carboxylic acids is 2. The minimum Gasteiger partial charge on any atom is -0.497 e. The highest BCUT2D eigenvalue weighted by Gasteiger charge is 2.25. The van der Waals surface area contributed by atoms with Crippen molar-refractivity contribution in [1.82, 2.24) is 10.3 Å². The van der Waals surface area contributed by atoms with E-state index < -0.39 is 0 Å². The number of methoxy groups -OCH3 is 2. The number of pyridine rings is 1. The monoisotopic (exact) mass is 398 g/mol. The number of hydrogen-bond donors (Lipinski definition) is 2. The number of rotatable bonds is 7. The minimum atomic E-state index is -0.244. The van der Waals surface area contributed by atoms with E-state index in [-0.39, 0.29) is 17.7 Å². The molecule has 0 bridgehead atoms. The molecule has 2 amide bonds. The van der Waals surface area contributed by atoms with E-state index in [1.807, 2.05) is 12.1 Å². The van der Waals surface area contributed by atoms with Gasteiger partial charge in [0.2, 0.25) is 5.91 Å². The number of primary amides is 1. The Hall–Kier alpha value is -3.29. The predicted molar refractivity (Wildman–Crippen MR) is 109 cm³/mol. The van der Waals surface area contributed by atoms with Gasteiger partial charge >= 0.3 is 0 Å². The van der Waals surface area contributed by atoms with Gasteiger partial charge in [0, 0.05) is 48.9 Å². The minimum absolute atomic E-state index is 0.0823. The lowest BCUT2D eigenvalue weighted by molar-refractivity contribution is -0.122. The fraction of sp³-hybridized carbons (Fsp3) is 0.381. The summed E-state index contributed by atoms with van der Waals surface area (Å²) in [5.41, 5.74) is 6.78. The lowest BCUT2D eigenvalue weighted by Crippen LogP contribution is -2.39. The van der Waals surface area contributed by atoms with Crippen LogP contribution in [0.2, 0.25) is 0 Å². The molecule has 3 N–H and O–H groups in total. The molecule has 8 nitrogen and oxygen atoms in total. The van der Waals surface area contributed by atoms with Crippen molar-refractivity contribution in [2.75, 3.05) is 32.2 Å². The third kappa shape index (κ3) is 4.96. The molecule has 1 aromatic carbocycles. The fourth-order valence-electron chi connectivity index (χ4n) is 3.44. The maximum Gasteiger partial charge on any atom is 0.251 e. The zero-order valence-electron chi connectivity index (χ0n) is 16.7. The number of ether oxygens (including phenoxy) is 2. The average Bonchev–Trinajstić information content (AvgIpc) is 2.77. The second kappa shape index (κ2) is 9.27. The Morgan fingerprint density at radius 3 is 2.41 bits per heavy atom. The Bertz CT molecular complexity index is 856. The quantitative estimate of drug-likeness (QED) is 0.736. The third-order valence-electron chi connectivity index (χ3n) is 5.12. The molecule has 1 saturated heterocycles. The molecule has 0 saturated carbocycles. The van der Waals surface area contributed by atoms with Crippen LogP contribution in [0.1, 0.15) is 28.8 Å². The second-order valence-electron chi connectivity index (χ2n) is 6.93. The summed E-state index contributed by atoms with van der Waals surface area (Å²) in [6, 6.07) is 8.82. The van der Waals surface area contributed by atoms with Crippen LogP contribution in [-0.4, -0.2) is 44.1 Å². The third-order valence-corrected chi connectivity index (χ3v) is 5.12. The smallest absolute Gasteiger partial charge is 0.251 e. The number of nitrogens with two attached hydrogens (primary N) is 1. The van der Waals surface area contributed by atoms with E-state index in [1.54, 1.807) is 38.6 Å². The fourth-order valence-corrected chi connectivity index (χ4v) is 3.44. The highest BCUT2D eigenvalue weighted by atomic mass is 16.5. The van der Waals surface area contributed by atoms with Crippen LogP contribution in [0, 0.1) is 5.92 Å². The van der Waals surface area contributed by atoms with Crippen LogP contribution >= 0.6 is 0 Å². The standard InChI is InChI=1S/C21H26N4O4/c1-28-17-10-16(11-18(12-17)29-2)21(27)24-13-15-4-3-7-23-20(15)25-8-5-14(6-9-25)19(22)26/h3-4,7,10-12,14H,5-6,8-9,13H2,1-2H3,(H2,22,26)(H,24,27). The Balaban J connectivity index is 1.69. The van der Waals surface area contributed by atoms with Crippen molar-refractivity contribution in [2.45, 2.75) is 19.4 Å². The van der Waals surface area contributed by atoms with Gasteiger partial charge in [0.05, 0.1) is 14.2 Å². The molecular formula is C21H26N4O4. The van der Waals surface area contributed by atoms with Crippen LogP contribution in [0.3, 0.4) is 0 Å². The summed E-state index contributed by atoms with van der Waals surface area (Å²) >= 11 is 0. The van der Waals surface area contributed by atoms with Crippen molar-refractivity contribution >= 4 is 17.6 Å². The zero-order valence-corrected chi connectivity index (χ0v) is 16.7. The van der Waals surface area contributed by atoms with Gasteiger partial charge in [-0.1, -0.05) is 6.07 Å². The molecule has 8 heteroatoms. The molecule has 1 aliphatic heterocycles. The topological polar surface area (TPSA) is 107 Å². The number of nitrogens with one attached hydrogen (secondary N) is 1. The van der Waals surface area contributed by atoms with Crippen LogP contribution in [0.4, 0.5) is 5.82 Å². The van der Waals surface area contributed by atoms with Crippen molar-refractivity contribution in [3.8, 4) is 11.5 Å². The second-order valence-corrected chi connectivity index (χ2v) is 6.93. The SMILES string of the molecule is COc1cc(OC)cc(C(=O)NCc2cccnc2N2CCC(C(N)=O)CC2)c1. The molecule has 0 atom stereocenters. The lowest BCUT2D eigenvalue weighted by Gasteiger charge is -2.32. The molecule has 154 valence electrons. The van der Waals surface area contributed by atoms with Gasteiger partial charge in [0.15, 0.2) is 0 Å². The number of benzene rings is 1. The Labute approximate surface area is 170 Å². The lowest BCUT2D eigenvalue weighted by atomic mass is 9.96. The van der Waals surface area contributed by atoms with Gasteiger partial charge in [0.1, 0.15) is 17.3 Å². The van der Waals surface area contributed by atoms with E-state index in [0.717, 1.165) is 11.4 Å². The number of hydrogen-bond acceptors (Lipinski definition) is 6. The highest BCUT2D eigenvalue weighted by Crippen LogP contribution is 2.25. The van der Waals surface area contributed by atoms with E-state index in [0.29, 0.717) is 49.5 Å². The number of piperidine rings is 1. The maximum atomic E-state index is 12.7. The molecule has 0 spiro atoms. The summed E-state index contributed by atoms with van der Waals surface area (Å²) in [6.07, 6.45) is 3.15. The molecule has 2 aromatic rings. The summed E-state index contributed by atoms with van der Waals surface area (Å²) < 4.78 is 10.4. The van der Waals surface area contributed by atoms with Gasteiger partial charge in [-0.05, 0) is 31.0 Å². The molecule has 1 aliphatic rings. The van der Waals surface area contributed by atoms with E-state index in [1.165, 1.54) is 0 Å². The van der Waals surface area contributed by atoms with Crippen LogP contribution in [0.25, 0.3) is 0 Å². The molecule has 29 heavy (non-hydrogen) atoms. The number of carbonyl (C=O) groups is 2. The van der Waals surface area contributed by atoms with Crippen LogP contribution in [0.5, 0.6) is 11.5 Å². The summed E-state index contributed by atoms with van der Waals surface area (Å²) in [6.45, 7) is 1.74. The molecule has 0 unspecified atom stereocenters. The van der Waals surface area contributed by atoms with E-state index in [2.05, 4.69) is 15.2 Å². The van der Waals surface area contributed by atoms with Gasteiger partial charge in [-0.25, -0.2) is 4.98 Å². The summed E-state index contributed by atoms with van der Waals surface area (Å²) in [5, 5.41) is 2.93. The number of nitrogens with zero attached hydrogens (tertiary/aromatic N) is 2. The van der Waals surface area contributed by atoms with Crippen LogP contribution < -0.4 is 25.4 Å². The average molecular weight is 398 g/mol. The van der Waals surface area contributed by atoms with Gasteiger partial charge in [-0.2, -0.15) is 0 Å². The number of aromatic nitrogens is 1. The van der Waals surface area contributed by atoms with Crippen molar-refractivity contribution in [3.63, 3.8) is 0 Å². The summed E-state index contributed by atoms with van der Waals surface area (Å²) in [7, 11) is 3.08. The molecule has 1 aromatic heterocycles. The molecule has 0 aliphatic carbocycles. The number of amides is 2. The van der Waals surface area contributed by atoms with E-state index in [9.17, 15) is 9.59 Å². The molecule has 0 radical (unpaired) electrons. The number of anilines is 1. The molecular weight excluding hydrogens is 372 g/mol. The zero-order chi connectivity index (χ0) is 20.8. The van der Waals surface area contributed by atoms with Crippen molar-refractivity contribution in [3.05, 3.63) is 47.7 Å². The predicted octanol–water partition coefficient (Wildman–Crippen LogP) is 1.73. The first kappa shape index (κ1) is 20.4. The largest absolute Gasteiger partial charge is 0.497 e. The van der Waals surface area contributed by atoms with Crippen LogP contribution in [-0.2, 0) is 11.3 Å². The summed E-state index contributed by atoms with van der Waals surface area (Å²) in [5.74, 6) is 1.36. The van der Waals surface area contributed by atoms with Gasteiger partial charge in [-0.15, -0.1) is 0 Å². The first-order valence-electron chi connectivity index (χ1n) is 9.51. The van der Waals surface area contributed by atoms with Crippen LogP contribution in [0.15, 0.2) is 36.5 Å². The van der Waals surface area contributed by atoms with E-state index >= 15 is 0 Å². The van der Waals surface area contributed by atoms with Gasteiger partial charge < -0.3 is 25.4 Å². The van der Waals surface area contributed by atoms with Crippen molar-refractivity contribution < 1.29 is 19.1 Å². The highest BCUT2D eigenvalue weighted by molar-refractivity contribution is 5.95.